The fourth-order valence-electron chi connectivity index (χ4n) is 2.68. The number of rotatable bonds is 2. The van der Waals surface area contributed by atoms with E-state index in [1.807, 2.05) is 0 Å². The first-order valence-corrected chi connectivity index (χ1v) is 8.82. The quantitative estimate of drug-likeness (QED) is 0.849. The molecule has 2 aromatic carbocycles. The molecule has 1 aliphatic rings. The molecule has 0 saturated carbocycles. The van der Waals surface area contributed by atoms with Crippen molar-refractivity contribution in [3.63, 3.8) is 0 Å². The van der Waals surface area contributed by atoms with E-state index in [2.05, 4.69) is 0 Å². The minimum absolute atomic E-state index is 0.0712. The molecular formula is C17H16FNO3S. The number of para-hydroxylation sites is 1. The highest BCUT2D eigenvalue weighted by Gasteiger charge is 2.35. The zero-order valence-corrected chi connectivity index (χ0v) is 13.4. The monoisotopic (exact) mass is 333 g/mol. The topological polar surface area (TPSA) is 54.5 Å². The van der Waals surface area contributed by atoms with Crippen molar-refractivity contribution >= 4 is 21.4 Å². The molecule has 1 aliphatic heterocycles. The number of amides is 1. The third-order valence-electron chi connectivity index (χ3n) is 4.01. The summed E-state index contributed by atoms with van der Waals surface area (Å²) in [5.74, 6) is -0.608. The van der Waals surface area contributed by atoms with Gasteiger partial charge in [-0.1, -0.05) is 24.3 Å². The van der Waals surface area contributed by atoms with Crippen molar-refractivity contribution in [3.8, 4) is 0 Å². The highest BCUT2D eigenvalue weighted by molar-refractivity contribution is 7.92. The maximum Gasteiger partial charge on any atom is 0.228 e. The summed E-state index contributed by atoms with van der Waals surface area (Å²) in [6, 6.07) is 12.3. The van der Waals surface area contributed by atoms with Crippen LogP contribution in [0.15, 0.2) is 53.4 Å². The van der Waals surface area contributed by atoms with Crippen molar-refractivity contribution < 1.29 is 17.6 Å². The molecule has 120 valence electrons. The number of hydrogen-bond acceptors (Lipinski definition) is 3. The first-order chi connectivity index (χ1) is 10.9. The van der Waals surface area contributed by atoms with Crippen molar-refractivity contribution in [1.29, 1.82) is 0 Å². The molecule has 1 amide bonds. The van der Waals surface area contributed by atoms with Crippen molar-refractivity contribution in [2.75, 3.05) is 4.90 Å². The molecule has 0 aromatic heterocycles. The first-order valence-electron chi connectivity index (χ1n) is 7.27. The fourth-order valence-corrected chi connectivity index (χ4v) is 4.22. The zero-order valence-electron chi connectivity index (χ0n) is 12.6. The van der Waals surface area contributed by atoms with Gasteiger partial charge < -0.3 is 4.90 Å². The summed E-state index contributed by atoms with van der Waals surface area (Å²) in [6.45, 7) is 1.75. The zero-order chi connectivity index (χ0) is 16.6. The van der Waals surface area contributed by atoms with Gasteiger partial charge in [-0.3, -0.25) is 4.79 Å². The van der Waals surface area contributed by atoms with Gasteiger partial charge in [0.05, 0.1) is 22.4 Å². The van der Waals surface area contributed by atoms with Gasteiger partial charge in [-0.2, -0.15) is 0 Å². The van der Waals surface area contributed by atoms with Crippen molar-refractivity contribution in [3.05, 3.63) is 59.9 Å². The van der Waals surface area contributed by atoms with Crippen LogP contribution in [0.3, 0.4) is 0 Å². The molecule has 1 atom stereocenters. The van der Waals surface area contributed by atoms with E-state index < -0.39 is 15.1 Å². The SMILES string of the molecule is CC1CC(=O)N(Cc2ccc(F)cc2)c2ccccc2S1(=O)=O. The van der Waals surface area contributed by atoms with Gasteiger partial charge >= 0.3 is 0 Å². The van der Waals surface area contributed by atoms with Crippen molar-refractivity contribution in [1.82, 2.24) is 0 Å². The van der Waals surface area contributed by atoms with E-state index in [1.165, 1.54) is 23.1 Å². The maximum absolute atomic E-state index is 13.0. The summed E-state index contributed by atoms with van der Waals surface area (Å²) < 4.78 is 38.2. The Hall–Kier alpha value is -2.21. The third-order valence-corrected chi connectivity index (χ3v) is 6.19. The molecule has 23 heavy (non-hydrogen) atoms. The summed E-state index contributed by atoms with van der Waals surface area (Å²) in [5, 5.41) is -0.769. The molecule has 1 unspecified atom stereocenters. The van der Waals surface area contributed by atoms with E-state index in [0.29, 0.717) is 5.69 Å². The van der Waals surface area contributed by atoms with Crippen LogP contribution >= 0.6 is 0 Å². The lowest BCUT2D eigenvalue weighted by Gasteiger charge is -2.22. The Labute approximate surface area is 134 Å². The summed E-state index contributed by atoms with van der Waals surface area (Å²) >= 11 is 0. The molecule has 1 heterocycles. The largest absolute Gasteiger partial charge is 0.307 e. The number of carbonyl (C=O) groups is 1. The molecule has 0 spiro atoms. The second-order valence-corrected chi connectivity index (χ2v) is 7.97. The molecule has 3 rings (SSSR count). The summed E-state index contributed by atoms with van der Waals surface area (Å²) in [6.07, 6.45) is -0.0712. The fraction of sp³-hybridized carbons (Fsp3) is 0.235. The van der Waals surface area contributed by atoms with Gasteiger partial charge in [0.1, 0.15) is 5.82 Å². The van der Waals surface area contributed by atoms with Crippen LogP contribution in [0.25, 0.3) is 0 Å². The Morgan fingerprint density at radius 2 is 1.78 bits per heavy atom. The lowest BCUT2D eigenvalue weighted by atomic mass is 10.1. The first kappa shape index (κ1) is 15.7. The Morgan fingerprint density at radius 1 is 1.13 bits per heavy atom. The standard InChI is InChI=1S/C17H16FNO3S/c1-12-10-17(20)19(11-13-6-8-14(18)9-7-13)15-4-2-3-5-16(15)23(12,21)22/h2-9,12H,10-11H2,1H3. The van der Waals surface area contributed by atoms with Gasteiger partial charge in [0, 0.05) is 6.42 Å². The van der Waals surface area contributed by atoms with Gasteiger partial charge in [-0.05, 0) is 36.8 Å². The molecule has 0 fully saturated rings. The van der Waals surface area contributed by atoms with Gasteiger partial charge in [-0.15, -0.1) is 0 Å². The second-order valence-electron chi connectivity index (χ2n) is 5.63. The van der Waals surface area contributed by atoms with E-state index in [4.69, 9.17) is 0 Å². The molecule has 0 radical (unpaired) electrons. The minimum atomic E-state index is -3.54. The van der Waals surface area contributed by atoms with E-state index >= 15 is 0 Å². The highest BCUT2D eigenvalue weighted by Crippen LogP contribution is 2.34. The molecular weight excluding hydrogens is 317 g/mol. The summed E-state index contributed by atoms with van der Waals surface area (Å²) in [7, 11) is -3.54. The molecule has 0 bridgehead atoms. The van der Waals surface area contributed by atoms with E-state index in [0.717, 1.165) is 5.56 Å². The number of anilines is 1. The number of benzene rings is 2. The lowest BCUT2D eigenvalue weighted by molar-refractivity contribution is -0.118. The van der Waals surface area contributed by atoms with Crippen molar-refractivity contribution in [2.24, 2.45) is 0 Å². The number of carbonyl (C=O) groups excluding carboxylic acids is 1. The van der Waals surface area contributed by atoms with E-state index in [9.17, 15) is 17.6 Å². The molecule has 0 aliphatic carbocycles. The Bertz CT molecular complexity index is 846. The van der Waals surface area contributed by atoms with Crippen molar-refractivity contribution in [2.45, 2.75) is 30.0 Å². The average molecular weight is 333 g/mol. The predicted octanol–water partition coefficient (Wildman–Crippen LogP) is 2.92. The van der Waals surface area contributed by atoms with Crippen LogP contribution < -0.4 is 4.90 Å². The van der Waals surface area contributed by atoms with Crippen LogP contribution in [0, 0.1) is 5.82 Å². The molecule has 6 heteroatoms. The van der Waals surface area contributed by atoms with Crippen LogP contribution in [-0.4, -0.2) is 19.6 Å². The molecule has 2 aromatic rings. The van der Waals surface area contributed by atoms with Crippen LogP contribution in [0.4, 0.5) is 10.1 Å². The Morgan fingerprint density at radius 3 is 2.48 bits per heavy atom. The van der Waals surface area contributed by atoms with E-state index in [-0.39, 0.29) is 29.6 Å². The van der Waals surface area contributed by atoms with Crippen LogP contribution in [0.1, 0.15) is 18.9 Å². The number of hydrogen-bond donors (Lipinski definition) is 0. The lowest BCUT2D eigenvalue weighted by Crippen LogP contribution is -2.31. The van der Waals surface area contributed by atoms with Gasteiger partial charge in [-0.25, -0.2) is 12.8 Å². The van der Waals surface area contributed by atoms with Crippen LogP contribution in [-0.2, 0) is 21.2 Å². The Kier molecular flexibility index (Phi) is 3.93. The summed E-state index contributed by atoms with van der Waals surface area (Å²) in [4.78, 5) is 14.2. The number of fused-ring (bicyclic) bond motifs is 1. The number of halogens is 1. The molecule has 0 saturated heterocycles. The van der Waals surface area contributed by atoms with Crippen LogP contribution in [0.5, 0.6) is 0 Å². The predicted molar refractivity (Wildman–Crippen MR) is 85.3 cm³/mol. The van der Waals surface area contributed by atoms with Crippen LogP contribution in [0.2, 0.25) is 0 Å². The molecule has 4 nitrogen and oxygen atoms in total. The van der Waals surface area contributed by atoms with Gasteiger partial charge in [0.2, 0.25) is 5.91 Å². The molecule has 0 N–H and O–H groups in total. The normalized spacial score (nSPS) is 20.0. The smallest absolute Gasteiger partial charge is 0.228 e. The number of nitrogens with zero attached hydrogens (tertiary/aromatic N) is 1. The minimum Gasteiger partial charge on any atom is -0.307 e. The van der Waals surface area contributed by atoms with Gasteiger partial charge in [0.25, 0.3) is 0 Å². The average Bonchev–Trinajstić information content (AvgIpc) is 2.59. The summed E-state index contributed by atoms with van der Waals surface area (Å²) in [5.41, 5.74) is 1.12. The second kappa shape index (κ2) is 5.77. The highest BCUT2D eigenvalue weighted by atomic mass is 32.2. The van der Waals surface area contributed by atoms with E-state index in [1.54, 1.807) is 37.3 Å². The maximum atomic E-state index is 13.0. The Balaban J connectivity index is 2.08. The number of sulfone groups is 1. The third kappa shape index (κ3) is 2.86. The van der Waals surface area contributed by atoms with Gasteiger partial charge in [0.15, 0.2) is 9.84 Å².